The lowest BCUT2D eigenvalue weighted by Crippen LogP contribution is -1.97. The van der Waals surface area contributed by atoms with Gasteiger partial charge in [0.1, 0.15) is 12.3 Å². The van der Waals surface area contributed by atoms with Crippen molar-refractivity contribution in [2.24, 2.45) is 0 Å². The third kappa shape index (κ3) is 3.33. The molecule has 23 heavy (non-hydrogen) atoms. The van der Waals surface area contributed by atoms with Crippen molar-refractivity contribution in [2.75, 3.05) is 7.11 Å². The van der Waals surface area contributed by atoms with Crippen molar-refractivity contribution in [2.45, 2.75) is 6.61 Å². The van der Waals surface area contributed by atoms with E-state index in [9.17, 15) is 0 Å². The summed E-state index contributed by atoms with van der Waals surface area (Å²) in [6.45, 7) is 0.224. The van der Waals surface area contributed by atoms with Crippen LogP contribution in [0.2, 0.25) is 0 Å². The maximum absolute atomic E-state index is 8.90. The van der Waals surface area contributed by atoms with E-state index in [4.69, 9.17) is 19.3 Å². The number of ether oxygens (including phenoxy) is 2. The average molecular weight is 306 g/mol. The molecule has 114 valence electrons. The largest absolute Gasteiger partial charge is 0.493 e. The van der Waals surface area contributed by atoms with E-state index in [1.807, 2.05) is 36.4 Å². The number of nitriles is 1. The summed E-state index contributed by atoms with van der Waals surface area (Å²) in [5.74, 6) is 1.66. The van der Waals surface area contributed by atoms with Crippen molar-refractivity contribution in [3.05, 3.63) is 65.9 Å². The summed E-state index contributed by atoms with van der Waals surface area (Å²) in [5, 5.41) is 12.9. The van der Waals surface area contributed by atoms with Gasteiger partial charge in [-0.15, -0.1) is 0 Å². The van der Waals surface area contributed by atoms with Gasteiger partial charge in [-0.3, -0.25) is 0 Å². The molecule has 3 rings (SSSR count). The molecule has 1 heterocycles. The molecule has 5 nitrogen and oxygen atoms in total. The fourth-order valence-electron chi connectivity index (χ4n) is 2.13. The predicted molar refractivity (Wildman–Crippen MR) is 84.0 cm³/mol. The van der Waals surface area contributed by atoms with Crippen molar-refractivity contribution in [1.82, 2.24) is 5.16 Å². The summed E-state index contributed by atoms with van der Waals surface area (Å²) in [5.41, 5.74) is 2.26. The highest BCUT2D eigenvalue weighted by Gasteiger charge is 2.10. The minimum Gasteiger partial charge on any atom is -0.493 e. The van der Waals surface area contributed by atoms with E-state index in [0.29, 0.717) is 22.8 Å². The zero-order chi connectivity index (χ0) is 16.1. The molecule has 2 aromatic carbocycles. The van der Waals surface area contributed by atoms with Gasteiger partial charge in [-0.1, -0.05) is 35.5 Å². The standard InChI is InChI=1S/C18H14N2O3/c1-21-18-9-13(11-19)7-8-17(18)22-12-15-10-16(20-23-15)14-5-3-2-4-6-14/h2-10H,12H2,1H3. The number of methoxy groups -OCH3 is 1. The Morgan fingerprint density at radius 2 is 1.91 bits per heavy atom. The maximum atomic E-state index is 8.90. The lowest BCUT2D eigenvalue weighted by atomic mass is 10.1. The van der Waals surface area contributed by atoms with Gasteiger partial charge in [0.25, 0.3) is 0 Å². The Hall–Kier alpha value is -3.26. The molecule has 1 aromatic heterocycles. The maximum Gasteiger partial charge on any atom is 0.174 e. The fraction of sp³-hybridized carbons (Fsp3) is 0.111. The number of rotatable bonds is 5. The van der Waals surface area contributed by atoms with Crippen LogP contribution in [-0.4, -0.2) is 12.3 Å². The Bertz CT molecular complexity index is 835. The van der Waals surface area contributed by atoms with Crippen LogP contribution in [0.25, 0.3) is 11.3 Å². The van der Waals surface area contributed by atoms with Crippen LogP contribution in [0.1, 0.15) is 11.3 Å². The molecule has 0 radical (unpaired) electrons. The molecule has 0 atom stereocenters. The third-order valence-corrected chi connectivity index (χ3v) is 3.29. The molecule has 0 aliphatic carbocycles. The fourth-order valence-corrected chi connectivity index (χ4v) is 2.13. The SMILES string of the molecule is COc1cc(C#N)ccc1OCc1cc(-c2ccccc2)no1. The molecule has 0 saturated heterocycles. The van der Waals surface area contributed by atoms with Crippen LogP contribution in [0, 0.1) is 11.3 Å². The number of hydrogen-bond acceptors (Lipinski definition) is 5. The summed E-state index contributed by atoms with van der Waals surface area (Å²) in [7, 11) is 1.53. The Morgan fingerprint density at radius 3 is 2.65 bits per heavy atom. The molecule has 3 aromatic rings. The lowest BCUT2D eigenvalue weighted by molar-refractivity contribution is 0.239. The van der Waals surface area contributed by atoms with Crippen LogP contribution in [-0.2, 0) is 6.61 Å². The molecule has 0 spiro atoms. The van der Waals surface area contributed by atoms with E-state index in [1.165, 1.54) is 7.11 Å². The van der Waals surface area contributed by atoms with E-state index < -0.39 is 0 Å². The smallest absolute Gasteiger partial charge is 0.174 e. The molecule has 0 aliphatic rings. The molecule has 0 fully saturated rings. The van der Waals surface area contributed by atoms with Gasteiger partial charge < -0.3 is 14.0 Å². The topological polar surface area (TPSA) is 68.3 Å². The van der Waals surface area contributed by atoms with Crippen molar-refractivity contribution >= 4 is 0 Å². The minimum absolute atomic E-state index is 0.224. The Balaban J connectivity index is 1.72. The van der Waals surface area contributed by atoms with Crippen LogP contribution < -0.4 is 9.47 Å². The summed E-state index contributed by atoms with van der Waals surface area (Å²) >= 11 is 0. The number of aromatic nitrogens is 1. The second-order valence-corrected chi connectivity index (χ2v) is 4.81. The van der Waals surface area contributed by atoms with E-state index in [1.54, 1.807) is 18.2 Å². The average Bonchev–Trinajstić information content (AvgIpc) is 3.09. The second kappa shape index (κ2) is 6.67. The number of hydrogen-bond donors (Lipinski definition) is 0. The monoisotopic (exact) mass is 306 g/mol. The molecule has 0 saturated carbocycles. The molecule has 0 amide bonds. The molecule has 0 aliphatic heterocycles. The zero-order valence-corrected chi connectivity index (χ0v) is 12.5. The highest BCUT2D eigenvalue weighted by molar-refractivity contribution is 5.58. The van der Waals surface area contributed by atoms with Gasteiger partial charge in [0.05, 0.1) is 18.7 Å². The van der Waals surface area contributed by atoms with E-state index in [0.717, 1.165) is 11.3 Å². The first-order valence-electron chi connectivity index (χ1n) is 7.02. The van der Waals surface area contributed by atoms with Crippen molar-refractivity contribution in [3.63, 3.8) is 0 Å². The predicted octanol–water partition coefficient (Wildman–Crippen LogP) is 3.80. The van der Waals surface area contributed by atoms with Crippen LogP contribution >= 0.6 is 0 Å². The van der Waals surface area contributed by atoms with Crippen molar-refractivity contribution in [3.8, 4) is 28.8 Å². The van der Waals surface area contributed by atoms with Crippen LogP contribution in [0.5, 0.6) is 11.5 Å². The summed E-state index contributed by atoms with van der Waals surface area (Å²) in [4.78, 5) is 0. The minimum atomic E-state index is 0.224. The first-order chi connectivity index (χ1) is 11.3. The molecule has 0 N–H and O–H groups in total. The number of benzene rings is 2. The van der Waals surface area contributed by atoms with Gasteiger partial charge in [-0.2, -0.15) is 5.26 Å². The van der Waals surface area contributed by atoms with Crippen molar-refractivity contribution in [1.29, 1.82) is 5.26 Å². The van der Waals surface area contributed by atoms with Crippen LogP contribution in [0.15, 0.2) is 59.1 Å². The normalized spacial score (nSPS) is 10.1. The highest BCUT2D eigenvalue weighted by atomic mass is 16.5. The van der Waals surface area contributed by atoms with Gasteiger partial charge >= 0.3 is 0 Å². The third-order valence-electron chi connectivity index (χ3n) is 3.29. The van der Waals surface area contributed by atoms with E-state index in [-0.39, 0.29) is 6.61 Å². The summed E-state index contributed by atoms with van der Waals surface area (Å²) in [6.07, 6.45) is 0. The summed E-state index contributed by atoms with van der Waals surface area (Å²) < 4.78 is 16.2. The van der Waals surface area contributed by atoms with Crippen LogP contribution in [0.3, 0.4) is 0 Å². The van der Waals surface area contributed by atoms with Gasteiger partial charge in [0.2, 0.25) is 0 Å². The zero-order valence-electron chi connectivity index (χ0n) is 12.5. The van der Waals surface area contributed by atoms with E-state index >= 15 is 0 Å². The van der Waals surface area contributed by atoms with Crippen molar-refractivity contribution < 1.29 is 14.0 Å². The van der Waals surface area contributed by atoms with Gasteiger partial charge in [0.15, 0.2) is 17.3 Å². The molecule has 5 heteroatoms. The highest BCUT2D eigenvalue weighted by Crippen LogP contribution is 2.29. The number of nitrogens with zero attached hydrogens (tertiary/aromatic N) is 2. The second-order valence-electron chi connectivity index (χ2n) is 4.81. The molecular formula is C18H14N2O3. The van der Waals surface area contributed by atoms with Crippen LogP contribution in [0.4, 0.5) is 0 Å². The van der Waals surface area contributed by atoms with E-state index in [2.05, 4.69) is 11.2 Å². The summed E-state index contributed by atoms with van der Waals surface area (Å²) in [6, 6.07) is 18.7. The van der Waals surface area contributed by atoms with Gasteiger partial charge in [0, 0.05) is 17.7 Å². The van der Waals surface area contributed by atoms with Gasteiger partial charge in [-0.05, 0) is 12.1 Å². The first kappa shape index (κ1) is 14.7. The Morgan fingerprint density at radius 1 is 1.09 bits per heavy atom. The lowest BCUT2D eigenvalue weighted by Gasteiger charge is -2.09. The molecule has 0 unspecified atom stereocenters. The Kier molecular flexibility index (Phi) is 4.25. The first-order valence-corrected chi connectivity index (χ1v) is 7.02. The van der Waals surface area contributed by atoms with Gasteiger partial charge in [-0.25, -0.2) is 0 Å². The molecule has 0 bridgehead atoms. The molecular weight excluding hydrogens is 292 g/mol. The Labute approximate surface area is 133 Å². The quantitative estimate of drug-likeness (QED) is 0.717.